The van der Waals surface area contributed by atoms with Gasteiger partial charge in [0.05, 0.1) is 16.4 Å². The molecule has 6 nitrogen and oxygen atoms in total. The van der Waals surface area contributed by atoms with Gasteiger partial charge in [-0.2, -0.15) is 0 Å². The number of aromatic nitrogens is 3. The molecule has 2 aromatic heterocycles. The molecule has 0 atom stereocenters. The Kier molecular flexibility index (Phi) is 3.39. The zero-order valence-electron chi connectivity index (χ0n) is 13.5. The quantitative estimate of drug-likeness (QED) is 0.590. The van der Waals surface area contributed by atoms with E-state index in [0.29, 0.717) is 28.4 Å². The number of para-hydroxylation sites is 2. The fraction of sp³-hybridized carbons (Fsp3) is 0.105. The van der Waals surface area contributed by atoms with Gasteiger partial charge in [0.1, 0.15) is 17.1 Å². The highest BCUT2D eigenvalue weighted by molar-refractivity contribution is 5.91. The molecule has 25 heavy (non-hydrogen) atoms. The molecule has 2 heterocycles. The standard InChI is InChI=1S/C19H15N3O3/c1-2-22-14-10-6-4-8-12(14)16(23)15(19(22)25)17-20-13-9-5-3-7-11(13)18(24)21-17/h3-10,23H,2H2,1H3,(H,20,21,24). The van der Waals surface area contributed by atoms with Crippen molar-refractivity contribution in [3.05, 3.63) is 69.2 Å². The Morgan fingerprint density at radius 3 is 2.48 bits per heavy atom. The van der Waals surface area contributed by atoms with Gasteiger partial charge in [-0.1, -0.05) is 24.3 Å². The molecule has 6 heteroatoms. The van der Waals surface area contributed by atoms with Crippen LogP contribution in [0.4, 0.5) is 0 Å². The molecule has 2 N–H and O–H groups in total. The van der Waals surface area contributed by atoms with Crippen molar-refractivity contribution in [2.75, 3.05) is 0 Å². The van der Waals surface area contributed by atoms with E-state index in [1.165, 1.54) is 0 Å². The van der Waals surface area contributed by atoms with E-state index >= 15 is 0 Å². The lowest BCUT2D eigenvalue weighted by Crippen LogP contribution is -2.23. The number of rotatable bonds is 2. The van der Waals surface area contributed by atoms with E-state index in [9.17, 15) is 14.7 Å². The molecular weight excluding hydrogens is 318 g/mol. The lowest BCUT2D eigenvalue weighted by Gasteiger charge is -2.13. The van der Waals surface area contributed by atoms with Crippen LogP contribution in [-0.2, 0) is 6.54 Å². The molecule has 4 rings (SSSR count). The largest absolute Gasteiger partial charge is 0.506 e. The number of aromatic amines is 1. The minimum absolute atomic E-state index is 0.00315. The smallest absolute Gasteiger partial charge is 0.265 e. The second-order valence-electron chi connectivity index (χ2n) is 5.72. The van der Waals surface area contributed by atoms with Gasteiger partial charge in [0.2, 0.25) is 0 Å². The molecule has 4 aromatic rings. The average Bonchev–Trinajstić information content (AvgIpc) is 2.62. The van der Waals surface area contributed by atoms with Crippen molar-refractivity contribution in [1.29, 1.82) is 0 Å². The topological polar surface area (TPSA) is 88.0 Å². The summed E-state index contributed by atoms with van der Waals surface area (Å²) in [7, 11) is 0. The molecule has 0 unspecified atom stereocenters. The van der Waals surface area contributed by atoms with Crippen molar-refractivity contribution in [2.24, 2.45) is 0 Å². The Balaban J connectivity index is 2.15. The molecule has 0 radical (unpaired) electrons. The number of hydrogen-bond acceptors (Lipinski definition) is 4. The molecule has 0 aliphatic rings. The average molecular weight is 333 g/mol. The van der Waals surface area contributed by atoms with Crippen LogP contribution in [0, 0.1) is 0 Å². The molecule has 0 aliphatic carbocycles. The van der Waals surface area contributed by atoms with Crippen LogP contribution in [0.1, 0.15) is 6.92 Å². The van der Waals surface area contributed by atoms with Gasteiger partial charge in [-0.25, -0.2) is 4.98 Å². The van der Waals surface area contributed by atoms with Crippen LogP contribution < -0.4 is 11.1 Å². The van der Waals surface area contributed by atoms with Crippen LogP contribution >= 0.6 is 0 Å². The SMILES string of the molecule is CCn1c(=O)c(-c2nc3ccccc3c(=O)[nH]2)c(O)c2ccccc21. The first kappa shape index (κ1) is 15.1. The fourth-order valence-electron chi connectivity index (χ4n) is 3.12. The monoisotopic (exact) mass is 333 g/mol. The Hall–Kier alpha value is -3.41. The predicted octanol–water partition coefficient (Wildman–Crippen LogP) is 2.63. The summed E-state index contributed by atoms with van der Waals surface area (Å²) in [4.78, 5) is 32.3. The minimum atomic E-state index is -0.392. The molecule has 0 saturated heterocycles. The number of aryl methyl sites for hydroxylation is 1. The highest BCUT2D eigenvalue weighted by Gasteiger charge is 2.19. The third-order valence-electron chi connectivity index (χ3n) is 4.31. The van der Waals surface area contributed by atoms with Gasteiger partial charge in [0, 0.05) is 11.9 Å². The second-order valence-corrected chi connectivity index (χ2v) is 5.72. The van der Waals surface area contributed by atoms with Gasteiger partial charge >= 0.3 is 0 Å². The number of nitrogens with zero attached hydrogens (tertiary/aromatic N) is 2. The van der Waals surface area contributed by atoms with E-state index in [4.69, 9.17) is 0 Å². The predicted molar refractivity (Wildman–Crippen MR) is 96.9 cm³/mol. The second kappa shape index (κ2) is 5.59. The van der Waals surface area contributed by atoms with E-state index in [1.807, 2.05) is 13.0 Å². The normalized spacial score (nSPS) is 11.2. The third kappa shape index (κ3) is 2.22. The third-order valence-corrected chi connectivity index (χ3v) is 4.31. The lowest BCUT2D eigenvalue weighted by atomic mass is 10.1. The minimum Gasteiger partial charge on any atom is -0.506 e. The Bertz CT molecular complexity index is 1240. The van der Waals surface area contributed by atoms with E-state index < -0.39 is 5.56 Å². The van der Waals surface area contributed by atoms with Crippen molar-refractivity contribution in [1.82, 2.24) is 14.5 Å². The molecule has 124 valence electrons. The molecule has 0 amide bonds. The summed E-state index contributed by atoms with van der Waals surface area (Å²) in [6.07, 6.45) is 0. The van der Waals surface area contributed by atoms with Crippen LogP contribution in [0.25, 0.3) is 33.2 Å². The summed E-state index contributed by atoms with van der Waals surface area (Å²) in [5, 5.41) is 11.7. The van der Waals surface area contributed by atoms with Crippen LogP contribution in [0.5, 0.6) is 5.75 Å². The van der Waals surface area contributed by atoms with E-state index in [1.54, 1.807) is 47.0 Å². The molecule has 0 aliphatic heterocycles. The van der Waals surface area contributed by atoms with Gasteiger partial charge in [0.25, 0.3) is 11.1 Å². The summed E-state index contributed by atoms with van der Waals surface area (Å²) in [5.74, 6) is -0.108. The fourth-order valence-corrected chi connectivity index (χ4v) is 3.12. The summed E-state index contributed by atoms with van der Waals surface area (Å²) in [6, 6.07) is 14.0. The van der Waals surface area contributed by atoms with Crippen LogP contribution in [-0.4, -0.2) is 19.6 Å². The van der Waals surface area contributed by atoms with Gasteiger partial charge in [-0.3, -0.25) is 9.59 Å². The molecule has 0 fully saturated rings. The van der Waals surface area contributed by atoms with Crippen LogP contribution in [0.2, 0.25) is 0 Å². The van der Waals surface area contributed by atoms with Crippen molar-refractivity contribution < 1.29 is 5.11 Å². The van der Waals surface area contributed by atoms with Crippen LogP contribution in [0.3, 0.4) is 0 Å². The summed E-state index contributed by atoms with van der Waals surface area (Å²) < 4.78 is 1.56. The molecule has 0 spiro atoms. The van der Waals surface area contributed by atoms with E-state index in [-0.39, 0.29) is 22.7 Å². The zero-order chi connectivity index (χ0) is 17.6. The highest BCUT2D eigenvalue weighted by Crippen LogP contribution is 2.31. The van der Waals surface area contributed by atoms with Crippen molar-refractivity contribution in [2.45, 2.75) is 13.5 Å². The van der Waals surface area contributed by atoms with Gasteiger partial charge in [-0.15, -0.1) is 0 Å². The summed E-state index contributed by atoms with van der Waals surface area (Å²) in [6.45, 7) is 2.29. The Labute approximate surface area is 142 Å². The first-order valence-electron chi connectivity index (χ1n) is 7.95. The van der Waals surface area contributed by atoms with Crippen molar-refractivity contribution >= 4 is 21.8 Å². The number of aromatic hydroxyl groups is 1. The van der Waals surface area contributed by atoms with E-state index in [0.717, 1.165) is 0 Å². The highest BCUT2D eigenvalue weighted by atomic mass is 16.3. The first-order chi connectivity index (χ1) is 12.1. The number of benzene rings is 2. The van der Waals surface area contributed by atoms with Crippen LogP contribution in [0.15, 0.2) is 58.1 Å². The molecular formula is C19H15N3O3. The maximum Gasteiger partial charge on any atom is 0.265 e. The number of pyridine rings is 1. The number of H-pyrrole nitrogens is 1. The maximum atomic E-state index is 12.9. The van der Waals surface area contributed by atoms with Gasteiger partial charge in [0.15, 0.2) is 0 Å². The molecule has 0 bridgehead atoms. The molecule has 2 aromatic carbocycles. The first-order valence-corrected chi connectivity index (χ1v) is 7.95. The summed E-state index contributed by atoms with van der Waals surface area (Å²) >= 11 is 0. The Morgan fingerprint density at radius 1 is 1.04 bits per heavy atom. The maximum absolute atomic E-state index is 12.9. The van der Waals surface area contributed by atoms with Gasteiger partial charge in [-0.05, 0) is 31.2 Å². The van der Waals surface area contributed by atoms with Crippen molar-refractivity contribution in [3.63, 3.8) is 0 Å². The Morgan fingerprint density at radius 2 is 1.72 bits per heavy atom. The number of hydrogen-bond donors (Lipinski definition) is 2. The molecule has 0 saturated carbocycles. The summed E-state index contributed by atoms with van der Waals surface area (Å²) in [5.41, 5.74) is 0.367. The van der Waals surface area contributed by atoms with E-state index in [2.05, 4.69) is 9.97 Å². The zero-order valence-corrected chi connectivity index (χ0v) is 13.5. The van der Waals surface area contributed by atoms with Crippen molar-refractivity contribution in [3.8, 4) is 17.1 Å². The number of fused-ring (bicyclic) bond motifs is 2. The van der Waals surface area contributed by atoms with Gasteiger partial charge < -0.3 is 14.7 Å². The lowest BCUT2D eigenvalue weighted by molar-refractivity contribution is 0.480. The number of nitrogens with one attached hydrogen (secondary N) is 1.